The van der Waals surface area contributed by atoms with E-state index in [1.165, 1.54) is 0 Å². The second kappa shape index (κ2) is 4.01. The fourth-order valence-electron chi connectivity index (χ4n) is 2.03. The van der Waals surface area contributed by atoms with Gasteiger partial charge in [-0.3, -0.25) is 0 Å². The van der Waals surface area contributed by atoms with Crippen LogP contribution in [-0.4, -0.2) is 18.3 Å². The molecule has 2 rings (SSSR count). The van der Waals surface area contributed by atoms with Crippen molar-refractivity contribution in [1.82, 2.24) is 0 Å². The second-order valence-corrected chi connectivity index (χ2v) is 4.96. The number of ether oxygens (including phenoxy) is 1. The molecule has 1 unspecified atom stereocenters. The van der Waals surface area contributed by atoms with Crippen LogP contribution in [0.1, 0.15) is 24.6 Å². The molecule has 0 aromatic carbocycles. The van der Waals surface area contributed by atoms with E-state index in [4.69, 9.17) is 4.74 Å². The highest BCUT2D eigenvalue weighted by molar-refractivity contribution is 7.10. The summed E-state index contributed by atoms with van der Waals surface area (Å²) in [4.78, 5) is 1.07. The van der Waals surface area contributed by atoms with Crippen LogP contribution in [-0.2, 0) is 10.3 Å². The Bertz CT molecular complexity index is 273. The van der Waals surface area contributed by atoms with E-state index in [0.29, 0.717) is 5.92 Å². The van der Waals surface area contributed by atoms with E-state index >= 15 is 0 Å². The van der Waals surface area contributed by atoms with Crippen molar-refractivity contribution >= 4 is 11.3 Å². The van der Waals surface area contributed by atoms with E-state index in [1.807, 2.05) is 24.4 Å². The predicted octanol–water partition coefficient (Wildman–Crippen LogP) is 2.38. The zero-order valence-corrected chi connectivity index (χ0v) is 9.22. The largest absolute Gasteiger partial charge is 0.384 e. The lowest BCUT2D eigenvalue weighted by atomic mass is 9.82. The van der Waals surface area contributed by atoms with Gasteiger partial charge in [0.2, 0.25) is 0 Å². The Balaban J connectivity index is 2.14. The molecule has 1 aliphatic heterocycles. The third-order valence-electron chi connectivity index (χ3n) is 3.04. The first kappa shape index (κ1) is 10.1. The molecular weight excluding hydrogens is 196 g/mol. The van der Waals surface area contributed by atoms with Crippen molar-refractivity contribution in [2.45, 2.75) is 25.4 Å². The number of rotatable bonds is 2. The van der Waals surface area contributed by atoms with Gasteiger partial charge in [0.25, 0.3) is 0 Å². The normalized spacial score (nSPS) is 23.3. The maximum atomic E-state index is 10.5. The zero-order valence-electron chi connectivity index (χ0n) is 8.40. The van der Waals surface area contributed by atoms with Crippen molar-refractivity contribution < 1.29 is 9.84 Å². The first-order valence-corrected chi connectivity index (χ1v) is 5.93. The Labute approximate surface area is 88.5 Å². The minimum atomic E-state index is -0.669. The molecule has 2 nitrogen and oxygen atoms in total. The molecule has 0 bridgehead atoms. The highest BCUT2D eigenvalue weighted by Crippen LogP contribution is 2.37. The molecule has 14 heavy (non-hydrogen) atoms. The van der Waals surface area contributed by atoms with E-state index in [0.717, 1.165) is 30.9 Å². The van der Waals surface area contributed by atoms with Crippen molar-refractivity contribution in [1.29, 1.82) is 0 Å². The number of hydrogen-bond acceptors (Lipinski definition) is 3. The van der Waals surface area contributed by atoms with Gasteiger partial charge in [-0.15, -0.1) is 11.3 Å². The van der Waals surface area contributed by atoms with Gasteiger partial charge >= 0.3 is 0 Å². The van der Waals surface area contributed by atoms with Crippen LogP contribution >= 0.6 is 11.3 Å². The molecule has 1 saturated heterocycles. The van der Waals surface area contributed by atoms with E-state index in [9.17, 15) is 5.11 Å². The highest BCUT2D eigenvalue weighted by atomic mass is 32.1. The average molecular weight is 212 g/mol. The van der Waals surface area contributed by atoms with Crippen LogP contribution in [0.2, 0.25) is 0 Å². The van der Waals surface area contributed by atoms with Gasteiger partial charge in [-0.05, 0) is 37.1 Å². The molecule has 0 amide bonds. The smallest absolute Gasteiger partial charge is 0.0989 e. The molecule has 0 aliphatic carbocycles. The van der Waals surface area contributed by atoms with Crippen molar-refractivity contribution in [3.8, 4) is 0 Å². The van der Waals surface area contributed by atoms with Crippen molar-refractivity contribution in [3.63, 3.8) is 0 Å². The monoisotopic (exact) mass is 212 g/mol. The lowest BCUT2D eigenvalue weighted by Crippen LogP contribution is -2.35. The van der Waals surface area contributed by atoms with E-state index in [-0.39, 0.29) is 0 Å². The molecule has 1 N–H and O–H groups in total. The molecule has 3 heteroatoms. The summed E-state index contributed by atoms with van der Waals surface area (Å²) in [7, 11) is 0. The quantitative estimate of drug-likeness (QED) is 0.815. The van der Waals surface area contributed by atoms with Crippen LogP contribution < -0.4 is 0 Å². The van der Waals surface area contributed by atoms with Gasteiger partial charge in [-0.25, -0.2) is 0 Å². The summed E-state index contributed by atoms with van der Waals surface area (Å²) in [6.07, 6.45) is 1.93. The van der Waals surface area contributed by atoms with Crippen LogP contribution in [0.5, 0.6) is 0 Å². The molecule has 1 aromatic rings. The van der Waals surface area contributed by atoms with Crippen molar-refractivity contribution in [3.05, 3.63) is 22.4 Å². The molecular formula is C11H16O2S. The molecule has 0 spiro atoms. The SMILES string of the molecule is CC(O)(c1cccs1)C1CCOCC1. The maximum absolute atomic E-state index is 10.5. The first-order valence-electron chi connectivity index (χ1n) is 5.05. The van der Waals surface area contributed by atoms with Gasteiger partial charge in [0.05, 0.1) is 5.60 Å². The van der Waals surface area contributed by atoms with Crippen LogP contribution in [0.25, 0.3) is 0 Å². The minimum absolute atomic E-state index is 0.342. The Morgan fingerprint density at radius 2 is 2.21 bits per heavy atom. The molecule has 0 saturated carbocycles. The van der Waals surface area contributed by atoms with Gasteiger partial charge in [0.1, 0.15) is 0 Å². The summed E-state index contributed by atoms with van der Waals surface area (Å²) in [6, 6.07) is 4.01. The highest BCUT2D eigenvalue weighted by Gasteiger charge is 2.35. The van der Waals surface area contributed by atoms with Crippen molar-refractivity contribution in [2.24, 2.45) is 5.92 Å². The van der Waals surface area contributed by atoms with Gasteiger partial charge in [-0.2, -0.15) is 0 Å². The van der Waals surface area contributed by atoms with Crippen LogP contribution in [0.4, 0.5) is 0 Å². The fraction of sp³-hybridized carbons (Fsp3) is 0.636. The average Bonchev–Trinajstić information content (AvgIpc) is 2.72. The van der Waals surface area contributed by atoms with E-state index in [2.05, 4.69) is 0 Å². The Kier molecular flexibility index (Phi) is 2.91. The Hall–Kier alpha value is -0.380. The van der Waals surface area contributed by atoms with Gasteiger partial charge < -0.3 is 9.84 Å². The summed E-state index contributed by atoms with van der Waals surface area (Å²) >= 11 is 1.63. The Morgan fingerprint density at radius 1 is 1.50 bits per heavy atom. The number of aliphatic hydroxyl groups is 1. The summed E-state index contributed by atoms with van der Waals surface area (Å²) in [5.41, 5.74) is -0.669. The molecule has 1 fully saturated rings. The molecule has 1 atom stereocenters. The first-order chi connectivity index (χ1) is 6.71. The molecule has 1 aliphatic rings. The van der Waals surface area contributed by atoms with Crippen LogP contribution in [0.3, 0.4) is 0 Å². The Morgan fingerprint density at radius 3 is 2.79 bits per heavy atom. The molecule has 78 valence electrons. The predicted molar refractivity (Wildman–Crippen MR) is 57.4 cm³/mol. The maximum Gasteiger partial charge on any atom is 0.0989 e. The lowest BCUT2D eigenvalue weighted by Gasteiger charge is -2.34. The summed E-state index contributed by atoms with van der Waals surface area (Å²) in [5.74, 6) is 0.342. The molecule has 1 aromatic heterocycles. The number of thiophene rings is 1. The zero-order chi connectivity index (χ0) is 10.0. The third-order valence-corrected chi connectivity index (χ3v) is 4.13. The molecule has 0 radical (unpaired) electrons. The van der Waals surface area contributed by atoms with Crippen LogP contribution in [0.15, 0.2) is 17.5 Å². The standard InChI is InChI=1S/C11H16O2S/c1-11(12,10-3-2-8-14-10)9-4-6-13-7-5-9/h2-3,8-9,12H,4-7H2,1H3. The fourth-order valence-corrected chi connectivity index (χ4v) is 2.89. The minimum Gasteiger partial charge on any atom is -0.384 e. The van der Waals surface area contributed by atoms with Crippen molar-refractivity contribution in [2.75, 3.05) is 13.2 Å². The van der Waals surface area contributed by atoms with E-state index < -0.39 is 5.60 Å². The lowest BCUT2D eigenvalue weighted by molar-refractivity contribution is -0.0556. The molecule has 2 heterocycles. The second-order valence-electron chi connectivity index (χ2n) is 4.01. The topological polar surface area (TPSA) is 29.5 Å². The summed E-state index contributed by atoms with van der Waals surface area (Å²) < 4.78 is 5.30. The third kappa shape index (κ3) is 1.85. The van der Waals surface area contributed by atoms with Gasteiger partial charge in [0.15, 0.2) is 0 Å². The van der Waals surface area contributed by atoms with Gasteiger partial charge in [0, 0.05) is 18.1 Å². The van der Waals surface area contributed by atoms with Crippen LogP contribution in [0, 0.1) is 5.92 Å². The van der Waals surface area contributed by atoms with Gasteiger partial charge in [-0.1, -0.05) is 6.07 Å². The summed E-state index contributed by atoms with van der Waals surface area (Å²) in [5, 5.41) is 12.5. The number of hydrogen-bond donors (Lipinski definition) is 1. The summed E-state index contributed by atoms with van der Waals surface area (Å²) in [6.45, 7) is 3.49. The van der Waals surface area contributed by atoms with E-state index in [1.54, 1.807) is 11.3 Å².